The monoisotopic (exact) mass is 246 g/mol. The number of rotatable bonds is 3. The van der Waals surface area contributed by atoms with Gasteiger partial charge in [0.25, 0.3) is 0 Å². The van der Waals surface area contributed by atoms with Crippen molar-refractivity contribution in [2.24, 2.45) is 5.92 Å². The van der Waals surface area contributed by atoms with Gasteiger partial charge in [-0.2, -0.15) is 5.10 Å². The van der Waals surface area contributed by atoms with Crippen LogP contribution in [0.5, 0.6) is 5.75 Å². The van der Waals surface area contributed by atoms with E-state index in [2.05, 4.69) is 15.4 Å². The molecule has 1 unspecified atom stereocenters. The second-order valence-corrected chi connectivity index (χ2v) is 4.82. The number of pyridine rings is 1. The first-order valence-electron chi connectivity index (χ1n) is 6.45. The third-order valence-electron chi connectivity index (χ3n) is 3.45. The first-order chi connectivity index (χ1) is 8.85. The van der Waals surface area contributed by atoms with Gasteiger partial charge in [-0.05, 0) is 44.0 Å². The van der Waals surface area contributed by atoms with Gasteiger partial charge in [-0.25, -0.2) is 9.50 Å². The largest absolute Gasteiger partial charge is 0.495 e. The van der Waals surface area contributed by atoms with Crippen LogP contribution in [0.4, 0.5) is 0 Å². The van der Waals surface area contributed by atoms with Crippen LogP contribution in [-0.4, -0.2) is 34.8 Å². The van der Waals surface area contributed by atoms with Crippen LogP contribution in [0.3, 0.4) is 0 Å². The Kier molecular flexibility index (Phi) is 3.15. The van der Waals surface area contributed by atoms with Gasteiger partial charge in [0.1, 0.15) is 5.75 Å². The molecule has 0 spiro atoms. The summed E-state index contributed by atoms with van der Waals surface area (Å²) in [5.74, 6) is 2.40. The number of methoxy groups -OCH3 is 1. The summed E-state index contributed by atoms with van der Waals surface area (Å²) in [5.41, 5.74) is 0.884. The summed E-state index contributed by atoms with van der Waals surface area (Å²) < 4.78 is 6.98. The normalized spacial score (nSPS) is 20.2. The van der Waals surface area contributed by atoms with Crippen molar-refractivity contribution >= 4 is 5.65 Å². The molecule has 96 valence electrons. The molecular formula is C13H18N4O. The number of nitrogens with one attached hydrogen (secondary N) is 1. The first-order valence-corrected chi connectivity index (χ1v) is 6.45. The number of hydrogen-bond acceptors (Lipinski definition) is 4. The zero-order chi connectivity index (χ0) is 12.4. The highest BCUT2D eigenvalue weighted by molar-refractivity contribution is 5.40. The Bertz CT molecular complexity index is 531. The predicted octanol–water partition coefficient (Wildman–Crippen LogP) is 1.28. The van der Waals surface area contributed by atoms with Crippen LogP contribution in [-0.2, 0) is 6.42 Å². The predicted molar refractivity (Wildman–Crippen MR) is 68.8 cm³/mol. The Hall–Kier alpha value is -1.62. The summed E-state index contributed by atoms with van der Waals surface area (Å²) in [6.45, 7) is 2.23. The highest BCUT2D eigenvalue weighted by atomic mass is 16.5. The lowest BCUT2D eigenvalue weighted by Crippen LogP contribution is -2.31. The minimum Gasteiger partial charge on any atom is -0.495 e. The SMILES string of the molecule is COc1ccc2nc(CC3CCCNC3)nn2c1. The molecular weight excluding hydrogens is 228 g/mol. The lowest BCUT2D eigenvalue weighted by molar-refractivity contribution is 0.370. The molecule has 2 aromatic rings. The van der Waals surface area contributed by atoms with E-state index >= 15 is 0 Å². The standard InChI is InChI=1S/C13H18N4O/c1-18-11-4-5-13-15-12(16-17(13)9-11)7-10-3-2-6-14-8-10/h4-5,9-10,14H,2-3,6-8H2,1H3. The van der Waals surface area contributed by atoms with E-state index in [0.717, 1.165) is 36.7 Å². The molecule has 1 aliphatic rings. The number of ether oxygens (including phenoxy) is 1. The fraction of sp³-hybridized carbons (Fsp3) is 0.538. The van der Waals surface area contributed by atoms with Gasteiger partial charge in [-0.15, -0.1) is 0 Å². The van der Waals surface area contributed by atoms with Crippen molar-refractivity contribution in [1.82, 2.24) is 19.9 Å². The molecule has 3 heterocycles. The van der Waals surface area contributed by atoms with Gasteiger partial charge in [0.05, 0.1) is 13.3 Å². The zero-order valence-electron chi connectivity index (χ0n) is 10.6. The summed E-state index contributed by atoms with van der Waals surface area (Å²) in [6, 6.07) is 3.85. The number of hydrogen-bond donors (Lipinski definition) is 1. The van der Waals surface area contributed by atoms with Gasteiger partial charge in [0, 0.05) is 6.42 Å². The van der Waals surface area contributed by atoms with Crippen molar-refractivity contribution in [3.63, 3.8) is 0 Å². The average molecular weight is 246 g/mol. The minimum absolute atomic E-state index is 0.665. The van der Waals surface area contributed by atoms with Crippen LogP contribution in [0.1, 0.15) is 18.7 Å². The van der Waals surface area contributed by atoms with Gasteiger partial charge in [0.15, 0.2) is 11.5 Å². The second-order valence-electron chi connectivity index (χ2n) is 4.82. The highest BCUT2D eigenvalue weighted by Gasteiger charge is 2.16. The summed E-state index contributed by atoms with van der Waals surface area (Å²) in [6.07, 6.45) is 5.35. The van der Waals surface area contributed by atoms with Crippen LogP contribution in [0, 0.1) is 5.92 Å². The Balaban J connectivity index is 1.79. The number of piperidine rings is 1. The molecule has 1 fully saturated rings. The van der Waals surface area contributed by atoms with Crippen LogP contribution >= 0.6 is 0 Å². The van der Waals surface area contributed by atoms with Crippen molar-refractivity contribution in [3.8, 4) is 5.75 Å². The quantitative estimate of drug-likeness (QED) is 0.886. The van der Waals surface area contributed by atoms with Gasteiger partial charge >= 0.3 is 0 Å². The summed E-state index contributed by atoms with van der Waals surface area (Å²) in [4.78, 5) is 4.55. The van der Waals surface area contributed by atoms with E-state index in [1.165, 1.54) is 12.8 Å². The number of nitrogens with zero attached hydrogens (tertiary/aromatic N) is 3. The van der Waals surface area contributed by atoms with Gasteiger partial charge in [-0.1, -0.05) is 0 Å². The molecule has 0 saturated carbocycles. The summed E-state index contributed by atoms with van der Waals surface area (Å²) in [7, 11) is 1.66. The van der Waals surface area contributed by atoms with Crippen LogP contribution in [0.2, 0.25) is 0 Å². The zero-order valence-corrected chi connectivity index (χ0v) is 10.6. The van der Waals surface area contributed by atoms with E-state index in [-0.39, 0.29) is 0 Å². The molecule has 2 aromatic heterocycles. The lowest BCUT2D eigenvalue weighted by Gasteiger charge is -2.21. The molecule has 5 nitrogen and oxygen atoms in total. The average Bonchev–Trinajstić information content (AvgIpc) is 2.80. The Labute approximate surface area is 106 Å². The molecule has 5 heteroatoms. The topological polar surface area (TPSA) is 51.5 Å². The van der Waals surface area contributed by atoms with Crippen molar-refractivity contribution in [2.75, 3.05) is 20.2 Å². The molecule has 0 aromatic carbocycles. The number of fused-ring (bicyclic) bond motifs is 1. The van der Waals surface area contributed by atoms with E-state index in [0.29, 0.717) is 5.92 Å². The molecule has 0 radical (unpaired) electrons. The van der Waals surface area contributed by atoms with Crippen LogP contribution < -0.4 is 10.1 Å². The van der Waals surface area contributed by atoms with Crippen molar-refractivity contribution in [1.29, 1.82) is 0 Å². The maximum Gasteiger partial charge on any atom is 0.155 e. The molecule has 1 N–H and O–H groups in total. The van der Waals surface area contributed by atoms with E-state index in [1.807, 2.05) is 18.3 Å². The molecule has 1 aliphatic heterocycles. The fourth-order valence-corrected chi connectivity index (χ4v) is 2.47. The maximum atomic E-state index is 5.18. The van der Waals surface area contributed by atoms with Crippen molar-refractivity contribution < 1.29 is 4.74 Å². The molecule has 0 aliphatic carbocycles. The molecule has 0 bridgehead atoms. The smallest absolute Gasteiger partial charge is 0.155 e. The third kappa shape index (κ3) is 2.31. The van der Waals surface area contributed by atoms with E-state index in [4.69, 9.17) is 4.74 Å². The summed E-state index contributed by atoms with van der Waals surface area (Å²) in [5, 5.41) is 7.94. The Morgan fingerprint density at radius 1 is 1.50 bits per heavy atom. The summed E-state index contributed by atoms with van der Waals surface area (Å²) >= 11 is 0. The number of aromatic nitrogens is 3. The first kappa shape index (κ1) is 11.5. The third-order valence-corrected chi connectivity index (χ3v) is 3.45. The van der Waals surface area contributed by atoms with Gasteiger partial charge in [0.2, 0.25) is 0 Å². The Morgan fingerprint density at radius 2 is 2.44 bits per heavy atom. The van der Waals surface area contributed by atoms with Crippen molar-refractivity contribution in [2.45, 2.75) is 19.3 Å². The maximum absolute atomic E-state index is 5.18. The van der Waals surface area contributed by atoms with Crippen LogP contribution in [0.15, 0.2) is 18.3 Å². The van der Waals surface area contributed by atoms with E-state index < -0.39 is 0 Å². The molecule has 1 saturated heterocycles. The van der Waals surface area contributed by atoms with Crippen LogP contribution in [0.25, 0.3) is 5.65 Å². The molecule has 18 heavy (non-hydrogen) atoms. The van der Waals surface area contributed by atoms with Gasteiger partial charge < -0.3 is 10.1 Å². The van der Waals surface area contributed by atoms with Gasteiger partial charge in [-0.3, -0.25) is 0 Å². The van der Waals surface area contributed by atoms with E-state index in [9.17, 15) is 0 Å². The minimum atomic E-state index is 0.665. The fourth-order valence-electron chi connectivity index (χ4n) is 2.47. The van der Waals surface area contributed by atoms with Crippen molar-refractivity contribution in [3.05, 3.63) is 24.2 Å². The Morgan fingerprint density at radius 3 is 3.22 bits per heavy atom. The second kappa shape index (κ2) is 4.94. The highest BCUT2D eigenvalue weighted by Crippen LogP contribution is 2.16. The molecule has 1 atom stereocenters. The van der Waals surface area contributed by atoms with E-state index in [1.54, 1.807) is 11.6 Å². The lowest BCUT2D eigenvalue weighted by atomic mass is 9.96. The molecule has 0 amide bonds. The molecule has 3 rings (SSSR count).